The van der Waals surface area contributed by atoms with E-state index in [1.165, 1.54) is 15.7 Å². The van der Waals surface area contributed by atoms with E-state index in [4.69, 9.17) is 0 Å². The lowest BCUT2D eigenvalue weighted by molar-refractivity contribution is 0.428. The predicted molar refractivity (Wildman–Crippen MR) is 78.2 cm³/mol. The molecule has 0 bridgehead atoms. The van der Waals surface area contributed by atoms with Crippen molar-refractivity contribution in [3.8, 4) is 5.88 Å². The van der Waals surface area contributed by atoms with E-state index in [9.17, 15) is 5.11 Å². The second-order valence-electron chi connectivity index (χ2n) is 4.50. The molecular formula is C14H14N4OS. The molecule has 6 heteroatoms. The summed E-state index contributed by atoms with van der Waals surface area (Å²) in [6.45, 7) is 1.87. The number of benzene rings is 1. The Morgan fingerprint density at radius 3 is 2.70 bits per heavy atom. The van der Waals surface area contributed by atoms with E-state index in [2.05, 4.69) is 39.3 Å². The number of fused-ring (bicyclic) bond motifs is 1. The summed E-state index contributed by atoms with van der Waals surface area (Å²) >= 11 is 1.71. The zero-order valence-corrected chi connectivity index (χ0v) is 12.1. The van der Waals surface area contributed by atoms with Crippen LogP contribution in [0.15, 0.2) is 35.5 Å². The van der Waals surface area contributed by atoms with Crippen LogP contribution < -0.4 is 0 Å². The van der Waals surface area contributed by atoms with E-state index >= 15 is 0 Å². The van der Waals surface area contributed by atoms with Gasteiger partial charge in [-0.25, -0.2) is 4.98 Å². The standard InChI is InChI=1S/C14H14N4OS/c1-9-12(7-10-3-5-11(20-2)6-4-10)13(19)18-14(17-9)15-8-16-18/h3-6,8,19H,7H2,1-2H3. The first-order valence-corrected chi connectivity index (χ1v) is 7.42. The van der Waals surface area contributed by atoms with Crippen molar-refractivity contribution in [1.29, 1.82) is 0 Å². The van der Waals surface area contributed by atoms with Crippen LogP contribution in [0.4, 0.5) is 0 Å². The van der Waals surface area contributed by atoms with Gasteiger partial charge in [0.25, 0.3) is 5.78 Å². The van der Waals surface area contributed by atoms with E-state index in [1.54, 1.807) is 11.8 Å². The highest BCUT2D eigenvalue weighted by Crippen LogP contribution is 2.24. The van der Waals surface area contributed by atoms with Crippen molar-refractivity contribution in [3.63, 3.8) is 0 Å². The molecule has 102 valence electrons. The maximum Gasteiger partial charge on any atom is 0.255 e. The molecule has 0 saturated carbocycles. The Kier molecular flexibility index (Phi) is 3.31. The molecule has 5 nitrogen and oxygen atoms in total. The molecule has 3 rings (SSSR count). The van der Waals surface area contributed by atoms with Gasteiger partial charge in [0.15, 0.2) is 0 Å². The molecule has 0 amide bonds. The smallest absolute Gasteiger partial charge is 0.255 e. The molecule has 0 aliphatic rings. The highest BCUT2D eigenvalue weighted by molar-refractivity contribution is 7.98. The van der Waals surface area contributed by atoms with Gasteiger partial charge < -0.3 is 5.11 Å². The van der Waals surface area contributed by atoms with Gasteiger partial charge in [0.2, 0.25) is 5.88 Å². The first kappa shape index (κ1) is 12.9. The Bertz CT molecular complexity index is 752. The van der Waals surface area contributed by atoms with Crippen LogP contribution in [0.1, 0.15) is 16.8 Å². The molecule has 0 radical (unpaired) electrons. The quantitative estimate of drug-likeness (QED) is 0.749. The van der Waals surface area contributed by atoms with E-state index in [0.29, 0.717) is 12.2 Å². The van der Waals surface area contributed by atoms with Gasteiger partial charge in [0.1, 0.15) is 6.33 Å². The summed E-state index contributed by atoms with van der Waals surface area (Å²) in [5.74, 6) is 0.528. The molecule has 0 aliphatic carbocycles. The fourth-order valence-electron chi connectivity index (χ4n) is 2.12. The summed E-state index contributed by atoms with van der Waals surface area (Å²) in [6.07, 6.45) is 4.06. The Morgan fingerprint density at radius 2 is 2.00 bits per heavy atom. The second kappa shape index (κ2) is 5.13. The summed E-state index contributed by atoms with van der Waals surface area (Å²) in [5, 5.41) is 14.3. The monoisotopic (exact) mass is 286 g/mol. The van der Waals surface area contributed by atoms with Crippen molar-refractivity contribution < 1.29 is 5.11 Å². The minimum Gasteiger partial charge on any atom is -0.493 e. The normalized spacial score (nSPS) is 11.1. The molecule has 3 aromatic rings. The van der Waals surface area contributed by atoms with Crippen LogP contribution in [0.3, 0.4) is 0 Å². The molecule has 1 N–H and O–H groups in total. The fourth-order valence-corrected chi connectivity index (χ4v) is 2.53. The SMILES string of the molecule is CSc1ccc(Cc2c(C)nc3ncnn3c2O)cc1. The van der Waals surface area contributed by atoms with Gasteiger partial charge >= 0.3 is 0 Å². The van der Waals surface area contributed by atoms with E-state index in [-0.39, 0.29) is 5.88 Å². The zero-order chi connectivity index (χ0) is 14.1. The van der Waals surface area contributed by atoms with Crippen molar-refractivity contribution >= 4 is 17.5 Å². The number of aromatic hydroxyl groups is 1. The van der Waals surface area contributed by atoms with Crippen molar-refractivity contribution in [1.82, 2.24) is 19.6 Å². The summed E-state index contributed by atoms with van der Waals surface area (Å²) in [5.41, 5.74) is 2.68. The second-order valence-corrected chi connectivity index (χ2v) is 5.38. The molecule has 0 aliphatic heterocycles. The summed E-state index contributed by atoms with van der Waals surface area (Å²) in [4.78, 5) is 9.56. The summed E-state index contributed by atoms with van der Waals surface area (Å²) in [6, 6.07) is 8.29. The maximum absolute atomic E-state index is 10.3. The third-order valence-corrected chi connectivity index (χ3v) is 3.99. The van der Waals surface area contributed by atoms with Crippen LogP contribution in [0.5, 0.6) is 5.88 Å². The molecule has 1 aromatic carbocycles. The van der Waals surface area contributed by atoms with Gasteiger partial charge in [-0.15, -0.1) is 11.8 Å². The molecule has 0 unspecified atom stereocenters. The van der Waals surface area contributed by atoms with Gasteiger partial charge in [-0.3, -0.25) is 0 Å². The number of rotatable bonds is 3. The zero-order valence-electron chi connectivity index (χ0n) is 11.2. The Hall–Kier alpha value is -2.08. The van der Waals surface area contributed by atoms with Crippen molar-refractivity contribution in [2.75, 3.05) is 6.26 Å². The number of aromatic nitrogens is 4. The van der Waals surface area contributed by atoms with Crippen molar-refractivity contribution in [3.05, 3.63) is 47.4 Å². The first-order valence-electron chi connectivity index (χ1n) is 6.20. The topological polar surface area (TPSA) is 63.3 Å². The third kappa shape index (κ3) is 2.22. The Balaban J connectivity index is 2.00. The van der Waals surface area contributed by atoms with Crippen molar-refractivity contribution in [2.45, 2.75) is 18.2 Å². The van der Waals surface area contributed by atoms with Gasteiger partial charge in [-0.05, 0) is 30.9 Å². The Morgan fingerprint density at radius 1 is 1.25 bits per heavy atom. The molecule has 2 heterocycles. The van der Waals surface area contributed by atoms with Crippen LogP contribution in [0.2, 0.25) is 0 Å². The van der Waals surface area contributed by atoms with Gasteiger partial charge in [-0.1, -0.05) is 12.1 Å². The molecular weight excluding hydrogens is 272 g/mol. The lowest BCUT2D eigenvalue weighted by Gasteiger charge is -2.09. The molecule has 2 aromatic heterocycles. The van der Waals surface area contributed by atoms with Gasteiger partial charge in [-0.2, -0.15) is 14.6 Å². The van der Waals surface area contributed by atoms with Crippen LogP contribution in [0, 0.1) is 6.92 Å². The molecule has 0 saturated heterocycles. The summed E-state index contributed by atoms with van der Waals surface area (Å²) in [7, 11) is 0. The lowest BCUT2D eigenvalue weighted by atomic mass is 10.0. The van der Waals surface area contributed by atoms with Gasteiger partial charge in [0.05, 0.1) is 5.69 Å². The van der Waals surface area contributed by atoms with Crippen LogP contribution in [-0.2, 0) is 6.42 Å². The average molecular weight is 286 g/mol. The lowest BCUT2D eigenvalue weighted by Crippen LogP contribution is -2.02. The molecule has 0 fully saturated rings. The number of hydrogen-bond donors (Lipinski definition) is 1. The van der Waals surface area contributed by atoms with E-state index in [0.717, 1.165) is 16.8 Å². The maximum atomic E-state index is 10.3. The fraction of sp³-hybridized carbons (Fsp3) is 0.214. The van der Waals surface area contributed by atoms with Crippen LogP contribution >= 0.6 is 11.8 Å². The molecule has 0 atom stereocenters. The predicted octanol–water partition coefficient (Wildman–Crippen LogP) is 2.45. The number of nitrogens with zero attached hydrogens (tertiary/aromatic N) is 4. The first-order chi connectivity index (χ1) is 9.69. The minimum atomic E-state index is 0.110. The summed E-state index contributed by atoms with van der Waals surface area (Å²) < 4.78 is 1.36. The average Bonchev–Trinajstić information content (AvgIpc) is 2.92. The molecule has 20 heavy (non-hydrogen) atoms. The van der Waals surface area contributed by atoms with Crippen molar-refractivity contribution in [2.24, 2.45) is 0 Å². The Labute approximate surface area is 120 Å². The highest BCUT2D eigenvalue weighted by atomic mass is 32.2. The van der Waals surface area contributed by atoms with E-state index < -0.39 is 0 Å². The largest absolute Gasteiger partial charge is 0.493 e. The third-order valence-electron chi connectivity index (χ3n) is 3.24. The van der Waals surface area contributed by atoms with E-state index in [1.807, 2.05) is 13.2 Å². The number of aryl methyl sites for hydroxylation is 1. The highest BCUT2D eigenvalue weighted by Gasteiger charge is 2.13. The van der Waals surface area contributed by atoms with Crippen LogP contribution in [0.25, 0.3) is 5.78 Å². The number of thioether (sulfide) groups is 1. The van der Waals surface area contributed by atoms with Crippen LogP contribution in [-0.4, -0.2) is 30.9 Å². The number of hydrogen-bond acceptors (Lipinski definition) is 5. The van der Waals surface area contributed by atoms with Gasteiger partial charge in [0, 0.05) is 16.9 Å². The minimum absolute atomic E-state index is 0.110. The molecule has 0 spiro atoms.